The third kappa shape index (κ3) is 6.16. The van der Waals surface area contributed by atoms with Crippen LogP contribution >= 0.6 is 0 Å². The van der Waals surface area contributed by atoms with Crippen LogP contribution < -0.4 is 0 Å². The second-order valence-electron chi connectivity index (χ2n) is 7.53. The van der Waals surface area contributed by atoms with Crippen LogP contribution in [0.25, 0.3) is 0 Å². The highest BCUT2D eigenvalue weighted by Crippen LogP contribution is 2.38. The first-order valence-corrected chi connectivity index (χ1v) is 10.6. The molecule has 16 nitrogen and oxygen atoms in total. The van der Waals surface area contributed by atoms with Crippen molar-refractivity contribution >= 4 is 34.7 Å². The Morgan fingerprint density at radius 3 is 1.30 bits per heavy atom. The summed E-state index contributed by atoms with van der Waals surface area (Å²) in [5, 5.41) is 45.5. The number of benzene rings is 2. The standard InChI is InChI=1S/C21H20N4O12/c1-3-36-19(26)21(20(27)37-4-2,11-13-5-7-15(22(28)29)9-17(13)24(32)33)12-14-6-8-16(23(30)31)10-18(14)25(34)35/h5-10H,3-4,11-12H2,1-2H3. The maximum absolute atomic E-state index is 13.2. The summed E-state index contributed by atoms with van der Waals surface area (Å²) in [6.45, 7) is 2.34. The van der Waals surface area contributed by atoms with Crippen molar-refractivity contribution in [1.82, 2.24) is 0 Å². The molecule has 0 aromatic heterocycles. The fourth-order valence-corrected chi connectivity index (χ4v) is 3.59. The Hall–Kier alpha value is -5.02. The monoisotopic (exact) mass is 520 g/mol. The number of non-ortho nitro benzene ring substituents is 2. The van der Waals surface area contributed by atoms with Gasteiger partial charge in [-0.2, -0.15) is 0 Å². The molecule has 0 unspecified atom stereocenters. The minimum atomic E-state index is -2.42. The lowest BCUT2D eigenvalue weighted by Gasteiger charge is -2.29. The van der Waals surface area contributed by atoms with Crippen molar-refractivity contribution in [3.05, 3.63) is 88.0 Å². The van der Waals surface area contributed by atoms with Crippen molar-refractivity contribution in [1.29, 1.82) is 0 Å². The number of carbonyl (C=O) groups is 2. The lowest BCUT2D eigenvalue weighted by Crippen LogP contribution is -2.46. The van der Waals surface area contributed by atoms with E-state index < -0.39 is 72.6 Å². The van der Waals surface area contributed by atoms with Crippen LogP contribution in [-0.2, 0) is 31.9 Å². The van der Waals surface area contributed by atoms with Gasteiger partial charge in [-0.05, 0) is 26.0 Å². The van der Waals surface area contributed by atoms with Gasteiger partial charge in [0.15, 0.2) is 5.41 Å². The highest BCUT2D eigenvalue weighted by molar-refractivity contribution is 6.01. The van der Waals surface area contributed by atoms with Crippen LogP contribution in [0.5, 0.6) is 0 Å². The first kappa shape index (κ1) is 28.2. The van der Waals surface area contributed by atoms with Gasteiger partial charge in [-0.25, -0.2) is 0 Å². The molecule has 2 rings (SSSR count). The SMILES string of the molecule is CCOC(=O)C(Cc1ccc([N+](=O)[O-])cc1[N+](=O)[O-])(Cc1ccc([N+](=O)[O-])cc1[N+](=O)[O-])C(=O)OCC. The number of hydrogen-bond acceptors (Lipinski definition) is 12. The molecule has 0 N–H and O–H groups in total. The van der Waals surface area contributed by atoms with Crippen molar-refractivity contribution in [2.45, 2.75) is 26.7 Å². The fourth-order valence-electron chi connectivity index (χ4n) is 3.59. The van der Waals surface area contributed by atoms with Crippen LogP contribution in [-0.4, -0.2) is 44.8 Å². The number of esters is 2. The van der Waals surface area contributed by atoms with Gasteiger partial charge in [-0.15, -0.1) is 0 Å². The number of ether oxygens (including phenoxy) is 2. The summed E-state index contributed by atoms with van der Waals surface area (Å²) in [7, 11) is 0. The quantitative estimate of drug-likeness (QED) is 0.170. The molecule has 0 aliphatic rings. The molecular formula is C21H20N4O12. The Morgan fingerprint density at radius 2 is 1.03 bits per heavy atom. The molecule has 2 aromatic carbocycles. The topological polar surface area (TPSA) is 225 Å². The second kappa shape index (κ2) is 11.6. The molecule has 0 aliphatic heterocycles. The Labute approximate surface area is 207 Å². The van der Waals surface area contributed by atoms with Gasteiger partial charge in [-0.3, -0.25) is 50.0 Å². The minimum absolute atomic E-state index is 0.245. The highest BCUT2D eigenvalue weighted by Gasteiger charge is 2.51. The van der Waals surface area contributed by atoms with E-state index in [9.17, 15) is 50.0 Å². The number of carbonyl (C=O) groups excluding carboxylic acids is 2. The molecule has 0 heterocycles. The normalized spacial score (nSPS) is 10.9. The van der Waals surface area contributed by atoms with Gasteiger partial charge in [0.1, 0.15) is 0 Å². The summed E-state index contributed by atoms with van der Waals surface area (Å²) < 4.78 is 10.1. The number of hydrogen-bond donors (Lipinski definition) is 0. The molecule has 0 atom stereocenters. The van der Waals surface area contributed by atoms with E-state index in [1.54, 1.807) is 0 Å². The molecule has 0 spiro atoms. The molecule has 0 amide bonds. The van der Waals surface area contributed by atoms with Crippen LogP contribution in [0.4, 0.5) is 22.7 Å². The van der Waals surface area contributed by atoms with E-state index in [-0.39, 0.29) is 24.3 Å². The third-order valence-electron chi connectivity index (χ3n) is 5.27. The van der Waals surface area contributed by atoms with E-state index in [4.69, 9.17) is 9.47 Å². The summed E-state index contributed by atoms with van der Waals surface area (Å²) in [4.78, 5) is 68.4. The van der Waals surface area contributed by atoms with Crippen LogP contribution in [0.2, 0.25) is 0 Å². The maximum Gasteiger partial charge on any atom is 0.324 e. The molecule has 196 valence electrons. The number of rotatable bonds is 12. The molecule has 0 saturated carbocycles. The predicted molar refractivity (Wildman–Crippen MR) is 123 cm³/mol. The smallest absolute Gasteiger partial charge is 0.324 e. The van der Waals surface area contributed by atoms with Gasteiger partial charge in [0.25, 0.3) is 22.7 Å². The van der Waals surface area contributed by atoms with Crippen LogP contribution in [0.1, 0.15) is 25.0 Å². The molecule has 0 fully saturated rings. The number of nitro benzene ring substituents is 4. The lowest BCUT2D eigenvalue weighted by atomic mass is 9.75. The zero-order valence-corrected chi connectivity index (χ0v) is 19.5. The van der Waals surface area contributed by atoms with Gasteiger partial charge >= 0.3 is 11.9 Å². The summed E-state index contributed by atoms with van der Waals surface area (Å²) >= 11 is 0. The van der Waals surface area contributed by atoms with Gasteiger partial charge in [0.2, 0.25) is 0 Å². The van der Waals surface area contributed by atoms with E-state index in [1.165, 1.54) is 13.8 Å². The molecule has 0 saturated heterocycles. The summed E-state index contributed by atoms with van der Waals surface area (Å²) in [6.07, 6.45) is -1.57. The molecule has 16 heteroatoms. The number of nitro groups is 4. The second-order valence-corrected chi connectivity index (χ2v) is 7.53. The van der Waals surface area contributed by atoms with Crippen molar-refractivity contribution in [2.24, 2.45) is 5.41 Å². The zero-order chi connectivity index (χ0) is 27.9. The van der Waals surface area contributed by atoms with Crippen molar-refractivity contribution in [2.75, 3.05) is 13.2 Å². The van der Waals surface area contributed by atoms with Gasteiger partial charge < -0.3 is 9.47 Å². The summed E-state index contributed by atoms with van der Waals surface area (Å²) in [6, 6.07) is 5.10. The van der Waals surface area contributed by atoms with Crippen molar-refractivity contribution in [3.8, 4) is 0 Å². The Morgan fingerprint density at radius 1 is 0.676 bits per heavy atom. The molecule has 0 bridgehead atoms. The molecule has 0 radical (unpaired) electrons. The first-order valence-electron chi connectivity index (χ1n) is 10.6. The van der Waals surface area contributed by atoms with Crippen LogP contribution in [0, 0.1) is 45.9 Å². The van der Waals surface area contributed by atoms with Gasteiger partial charge in [-0.1, -0.05) is 0 Å². The molecular weight excluding hydrogens is 500 g/mol. The number of nitrogens with zero attached hydrogens (tertiary/aromatic N) is 4. The summed E-state index contributed by atoms with van der Waals surface area (Å²) in [5.74, 6) is -2.46. The van der Waals surface area contributed by atoms with Gasteiger partial charge in [0.05, 0.1) is 45.0 Å². The van der Waals surface area contributed by atoms with E-state index >= 15 is 0 Å². The first-order chi connectivity index (χ1) is 17.4. The zero-order valence-electron chi connectivity index (χ0n) is 19.5. The predicted octanol–water partition coefficient (Wildman–Crippen LogP) is 3.22. The Kier molecular flexibility index (Phi) is 8.85. The molecule has 0 aliphatic carbocycles. The Bertz CT molecular complexity index is 1180. The third-order valence-corrected chi connectivity index (χ3v) is 5.27. The molecule has 2 aromatic rings. The average Bonchev–Trinajstić information content (AvgIpc) is 2.83. The van der Waals surface area contributed by atoms with Crippen LogP contribution in [0.15, 0.2) is 36.4 Å². The molecule has 37 heavy (non-hydrogen) atoms. The van der Waals surface area contributed by atoms with Crippen molar-refractivity contribution in [3.63, 3.8) is 0 Å². The van der Waals surface area contributed by atoms with Gasteiger partial charge in [0, 0.05) is 36.1 Å². The van der Waals surface area contributed by atoms with E-state index in [0.29, 0.717) is 12.1 Å². The van der Waals surface area contributed by atoms with E-state index in [0.717, 1.165) is 24.3 Å². The van der Waals surface area contributed by atoms with Crippen molar-refractivity contribution < 1.29 is 38.8 Å². The highest BCUT2D eigenvalue weighted by atomic mass is 16.6. The maximum atomic E-state index is 13.2. The Balaban J connectivity index is 2.81. The fraction of sp³-hybridized carbons (Fsp3) is 0.333. The van der Waals surface area contributed by atoms with E-state index in [2.05, 4.69) is 0 Å². The minimum Gasteiger partial charge on any atom is -0.465 e. The lowest BCUT2D eigenvalue weighted by molar-refractivity contribution is -0.394. The van der Waals surface area contributed by atoms with Crippen LogP contribution in [0.3, 0.4) is 0 Å². The van der Waals surface area contributed by atoms with E-state index in [1.807, 2.05) is 0 Å². The summed E-state index contributed by atoms with van der Waals surface area (Å²) in [5.41, 5.74) is -5.83. The largest absolute Gasteiger partial charge is 0.465 e. The average molecular weight is 520 g/mol.